The molecule has 0 amide bonds. The normalized spacial score (nSPS) is 15.1. The maximum absolute atomic E-state index is 4.67. The summed E-state index contributed by atoms with van der Waals surface area (Å²) in [4.78, 5) is 4.67. The van der Waals surface area contributed by atoms with Crippen LogP contribution in [0.15, 0.2) is 17.1 Å². The maximum atomic E-state index is 4.67. The van der Waals surface area contributed by atoms with Crippen LogP contribution in [0.5, 0.6) is 0 Å². The van der Waals surface area contributed by atoms with Crippen LogP contribution >= 0.6 is 0 Å². The average molecular weight is 223 g/mol. The van der Waals surface area contributed by atoms with Gasteiger partial charge >= 0.3 is 0 Å². The van der Waals surface area contributed by atoms with E-state index in [0.29, 0.717) is 6.04 Å². The Hall–Kier alpha value is -0.590. The number of hydrogen-bond donors (Lipinski definition) is 0. The minimum atomic E-state index is 0.229. The van der Waals surface area contributed by atoms with E-state index in [1.54, 1.807) is 0 Å². The fourth-order valence-electron chi connectivity index (χ4n) is 1.59. The molecule has 0 aliphatic rings. The summed E-state index contributed by atoms with van der Waals surface area (Å²) in [6, 6.07) is 0.323. The molecule has 0 saturated heterocycles. The van der Waals surface area contributed by atoms with Crippen LogP contribution in [0.4, 0.5) is 0 Å². The minimum Gasteiger partial charge on any atom is -0.290 e. The van der Waals surface area contributed by atoms with Crippen LogP contribution in [0.2, 0.25) is 0 Å². The van der Waals surface area contributed by atoms with E-state index in [2.05, 4.69) is 58.0 Å². The van der Waals surface area contributed by atoms with E-state index in [9.17, 15) is 0 Å². The Balaban J connectivity index is 3.96. The lowest BCUT2D eigenvalue weighted by Gasteiger charge is -2.24. The summed E-state index contributed by atoms with van der Waals surface area (Å²) >= 11 is 0. The van der Waals surface area contributed by atoms with Crippen molar-refractivity contribution in [1.29, 1.82) is 0 Å². The Morgan fingerprint density at radius 1 is 1.12 bits per heavy atom. The molecule has 94 valence electrons. The highest BCUT2D eigenvalue weighted by molar-refractivity contribution is 5.57. The van der Waals surface area contributed by atoms with Crippen molar-refractivity contribution in [2.45, 2.75) is 72.8 Å². The van der Waals surface area contributed by atoms with Crippen molar-refractivity contribution in [3.8, 4) is 0 Å². The largest absolute Gasteiger partial charge is 0.290 e. The molecule has 16 heavy (non-hydrogen) atoms. The number of allylic oxidation sites excluding steroid dienone is 1. The van der Waals surface area contributed by atoms with Gasteiger partial charge in [0.2, 0.25) is 0 Å². The van der Waals surface area contributed by atoms with Gasteiger partial charge in [0.25, 0.3) is 0 Å². The summed E-state index contributed by atoms with van der Waals surface area (Å²) in [5.74, 6) is 0. The first-order chi connectivity index (χ1) is 7.52. The summed E-state index contributed by atoms with van der Waals surface area (Å²) in [6.45, 7) is 11.0. The lowest BCUT2D eigenvalue weighted by atomic mass is 9.87. The van der Waals surface area contributed by atoms with E-state index in [0.717, 1.165) is 6.42 Å². The van der Waals surface area contributed by atoms with E-state index in [4.69, 9.17) is 0 Å². The van der Waals surface area contributed by atoms with Gasteiger partial charge in [-0.2, -0.15) is 0 Å². The Bertz CT molecular complexity index is 208. The quantitative estimate of drug-likeness (QED) is 0.326. The second-order valence-electron chi connectivity index (χ2n) is 5.52. The second-order valence-corrected chi connectivity index (χ2v) is 5.52. The van der Waals surface area contributed by atoms with Crippen LogP contribution in [0, 0.1) is 5.41 Å². The molecule has 0 aromatic rings. The molecule has 0 saturated carbocycles. The number of nitrogens with zero attached hydrogens (tertiary/aromatic N) is 1. The number of hydrogen-bond acceptors (Lipinski definition) is 1. The molecule has 0 radical (unpaired) electrons. The summed E-state index contributed by atoms with van der Waals surface area (Å²) in [6.07, 6.45) is 12.8. The van der Waals surface area contributed by atoms with Crippen molar-refractivity contribution in [2.75, 3.05) is 0 Å². The summed E-state index contributed by atoms with van der Waals surface area (Å²) in [5, 5.41) is 0. The molecule has 0 N–H and O–H groups in total. The molecule has 0 aliphatic carbocycles. The van der Waals surface area contributed by atoms with Crippen LogP contribution in [-0.4, -0.2) is 12.3 Å². The molecule has 0 fully saturated rings. The van der Waals surface area contributed by atoms with Crippen molar-refractivity contribution < 1.29 is 0 Å². The lowest BCUT2D eigenvalue weighted by molar-refractivity contribution is 0.368. The number of aliphatic imine (C=N–C) groups is 1. The van der Waals surface area contributed by atoms with Crippen LogP contribution in [0.3, 0.4) is 0 Å². The molecule has 0 rings (SSSR count). The highest BCUT2D eigenvalue weighted by atomic mass is 14.8. The molecule has 1 nitrogen and oxygen atoms in total. The van der Waals surface area contributed by atoms with Gasteiger partial charge in [0.05, 0.1) is 6.04 Å². The van der Waals surface area contributed by atoms with E-state index in [1.165, 1.54) is 25.7 Å². The summed E-state index contributed by atoms with van der Waals surface area (Å²) < 4.78 is 0. The molecular weight excluding hydrogens is 194 g/mol. The fraction of sp³-hybridized carbons (Fsp3) is 0.800. The first kappa shape index (κ1) is 15.4. The van der Waals surface area contributed by atoms with Gasteiger partial charge in [-0.3, -0.25) is 4.99 Å². The molecule has 0 spiro atoms. The third-order valence-corrected chi connectivity index (χ3v) is 2.71. The summed E-state index contributed by atoms with van der Waals surface area (Å²) in [7, 11) is 0. The molecule has 1 atom stereocenters. The van der Waals surface area contributed by atoms with Gasteiger partial charge in [0, 0.05) is 0 Å². The fourth-order valence-corrected chi connectivity index (χ4v) is 1.59. The van der Waals surface area contributed by atoms with Crippen molar-refractivity contribution >= 4 is 6.21 Å². The Morgan fingerprint density at radius 2 is 1.81 bits per heavy atom. The maximum Gasteiger partial charge on any atom is 0.0724 e. The van der Waals surface area contributed by atoms with Crippen LogP contribution < -0.4 is 0 Å². The molecular formula is C15H29N. The molecule has 0 aliphatic heterocycles. The predicted octanol–water partition coefficient (Wildman–Crippen LogP) is 5.02. The highest BCUT2D eigenvalue weighted by Crippen LogP contribution is 2.23. The van der Waals surface area contributed by atoms with Gasteiger partial charge in [-0.05, 0) is 31.4 Å². The standard InChI is InChI=1S/C15H29N/c1-6-8-9-10-11-13-16-14(12-7-2)15(3,4)5/h7,12-14H,6,8-11H2,1-5H3/b12-7-,16-13?/t14-/m0/s1. The molecule has 0 unspecified atom stereocenters. The van der Waals surface area contributed by atoms with Crippen molar-refractivity contribution in [3.63, 3.8) is 0 Å². The van der Waals surface area contributed by atoms with Gasteiger partial charge in [-0.15, -0.1) is 0 Å². The zero-order chi connectivity index (χ0) is 12.4. The Labute approximate surface area is 102 Å². The molecule has 0 aromatic carbocycles. The SMILES string of the molecule is C/C=C\[C@H](N=CCCCCCC)C(C)(C)C. The van der Waals surface area contributed by atoms with Gasteiger partial charge in [-0.25, -0.2) is 0 Å². The first-order valence-electron chi connectivity index (χ1n) is 6.66. The molecule has 0 bridgehead atoms. The Morgan fingerprint density at radius 3 is 2.31 bits per heavy atom. The smallest absolute Gasteiger partial charge is 0.0724 e. The Kier molecular flexibility index (Phi) is 8.23. The monoisotopic (exact) mass is 223 g/mol. The predicted molar refractivity (Wildman–Crippen MR) is 75.3 cm³/mol. The number of rotatable bonds is 7. The topological polar surface area (TPSA) is 12.4 Å². The molecule has 1 heteroatoms. The number of unbranched alkanes of at least 4 members (excludes halogenated alkanes) is 4. The van der Waals surface area contributed by atoms with Gasteiger partial charge < -0.3 is 0 Å². The zero-order valence-corrected chi connectivity index (χ0v) is 11.8. The summed E-state index contributed by atoms with van der Waals surface area (Å²) in [5.41, 5.74) is 0.229. The minimum absolute atomic E-state index is 0.229. The van der Waals surface area contributed by atoms with Crippen LogP contribution in [-0.2, 0) is 0 Å². The third-order valence-electron chi connectivity index (χ3n) is 2.71. The third kappa shape index (κ3) is 7.67. The average Bonchev–Trinajstić information content (AvgIpc) is 2.20. The van der Waals surface area contributed by atoms with E-state index >= 15 is 0 Å². The van der Waals surface area contributed by atoms with E-state index in [-0.39, 0.29) is 5.41 Å². The van der Waals surface area contributed by atoms with Crippen LogP contribution in [0.1, 0.15) is 66.7 Å². The molecule has 0 heterocycles. The van der Waals surface area contributed by atoms with Gasteiger partial charge in [0.1, 0.15) is 0 Å². The van der Waals surface area contributed by atoms with E-state index < -0.39 is 0 Å². The lowest BCUT2D eigenvalue weighted by Crippen LogP contribution is -2.22. The second kappa shape index (κ2) is 8.55. The van der Waals surface area contributed by atoms with Crippen molar-refractivity contribution in [3.05, 3.63) is 12.2 Å². The van der Waals surface area contributed by atoms with Crippen molar-refractivity contribution in [2.24, 2.45) is 10.4 Å². The highest BCUT2D eigenvalue weighted by Gasteiger charge is 2.20. The van der Waals surface area contributed by atoms with E-state index in [1.807, 2.05) is 0 Å². The first-order valence-corrected chi connectivity index (χ1v) is 6.66. The zero-order valence-electron chi connectivity index (χ0n) is 11.8. The van der Waals surface area contributed by atoms with Crippen molar-refractivity contribution in [1.82, 2.24) is 0 Å². The van der Waals surface area contributed by atoms with Gasteiger partial charge in [0.15, 0.2) is 0 Å². The van der Waals surface area contributed by atoms with Crippen LogP contribution in [0.25, 0.3) is 0 Å². The van der Waals surface area contributed by atoms with Gasteiger partial charge in [-0.1, -0.05) is 59.1 Å². The molecule has 0 aromatic heterocycles.